The van der Waals surface area contributed by atoms with Crippen LogP contribution in [0, 0.1) is 5.92 Å². The summed E-state index contributed by atoms with van der Waals surface area (Å²) in [4.78, 5) is 25.7. The number of primary amides is 1. The molecular formula is C20H23N3O4S2. The summed E-state index contributed by atoms with van der Waals surface area (Å²) in [5.41, 5.74) is 7.45. The Morgan fingerprint density at radius 3 is 2.62 bits per heavy atom. The molecule has 1 aromatic carbocycles. The molecule has 0 unspecified atom stereocenters. The largest absolute Gasteiger partial charge is 0.493 e. The molecule has 154 valence electrons. The van der Waals surface area contributed by atoms with Crippen molar-refractivity contribution in [1.29, 1.82) is 0 Å². The minimum Gasteiger partial charge on any atom is -0.493 e. The molecule has 4 N–H and O–H groups in total. The van der Waals surface area contributed by atoms with E-state index in [0.717, 1.165) is 29.7 Å². The quantitative estimate of drug-likeness (QED) is 0.626. The summed E-state index contributed by atoms with van der Waals surface area (Å²) in [6, 6.07) is 4.82. The highest BCUT2D eigenvalue weighted by molar-refractivity contribution is 7.80. The average Bonchev–Trinajstić information content (AvgIpc) is 3.03. The topological polar surface area (TPSA) is 103 Å². The van der Waals surface area contributed by atoms with Gasteiger partial charge >= 0.3 is 0 Å². The number of nitrogens with one attached hydrogen (secondary N) is 2. The second-order valence-corrected chi connectivity index (χ2v) is 8.41. The molecule has 0 spiro atoms. The standard InChI is InChI=1S/C20H23N3O4S2/c1-10-4-6-12-15(8-10)29-19(16(12)17(21)24)23-20(28)22-18(25)11-5-7-13(26-2)14(9-11)27-3/h5,7,9-10H,4,6,8H2,1-3H3,(H2,21,24)(H2,22,23,25,28)/t10-/m1/s1. The van der Waals surface area contributed by atoms with Crippen LogP contribution in [0.2, 0.25) is 0 Å². The van der Waals surface area contributed by atoms with Crippen LogP contribution in [0.4, 0.5) is 5.00 Å². The van der Waals surface area contributed by atoms with Crippen molar-refractivity contribution in [2.24, 2.45) is 11.7 Å². The van der Waals surface area contributed by atoms with Crippen LogP contribution in [0.5, 0.6) is 11.5 Å². The van der Waals surface area contributed by atoms with Gasteiger partial charge in [0.2, 0.25) is 0 Å². The van der Waals surface area contributed by atoms with E-state index >= 15 is 0 Å². The number of nitrogens with two attached hydrogens (primary N) is 1. The van der Waals surface area contributed by atoms with Crippen molar-refractivity contribution in [2.45, 2.75) is 26.2 Å². The van der Waals surface area contributed by atoms with Gasteiger partial charge in [0.1, 0.15) is 5.00 Å². The molecule has 3 rings (SSSR count). The molecule has 7 nitrogen and oxygen atoms in total. The van der Waals surface area contributed by atoms with E-state index < -0.39 is 11.8 Å². The number of benzene rings is 1. The van der Waals surface area contributed by atoms with E-state index in [2.05, 4.69) is 17.6 Å². The van der Waals surface area contributed by atoms with Crippen LogP contribution in [0.15, 0.2) is 18.2 Å². The van der Waals surface area contributed by atoms with Gasteiger partial charge in [-0.3, -0.25) is 14.9 Å². The Morgan fingerprint density at radius 2 is 1.97 bits per heavy atom. The molecule has 0 fully saturated rings. The fourth-order valence-corrected chi connectivity index (χ4v) is 5.07. The zero-order valence-corrected chi connectivity index (χ0v) is 18.1. The lowest BCUT2D eigenvalue weighted by atomic mass is 9.88. The van der Waals surface area contributed by atoms with E-state index in [-0.39, 0.29) is 5.11 Å². The number of ether oxygens (including phenoxy) is 2. The fraction of sp³-hybridized carbons (Fsp3) is 0.350. The third-order valence-electron chi connectivity index (χ3n) is 4.86. The second kappa shape index (κ2) is 8.79. The van der Waals surface area contributed by atoms with Crippen LogP contribution in [0.1, 0.15) is 44.5 Å². The predicted octanol–water partition coefficient (Wildman–Crippen LogP) is 3.12. The molecular weight excluding hydrogens is 410 g/mol. The average molecular weight is 434 g/mol. The van der Waals surface area contributed by atoms with Crippen molar-refractivity contribution in [3.63, 3.8) is 0 Å². The number of methoxy groups -OCH3 is 2. The maximum absolute atomic E-state index is 12.5. The van der Waals surface area contributed by atoms with Crippen molar-refractivity contribution >= 4 is 45.5 Å². The molecule has 1 aliphatic carbocycles. The third-order valence-corrected chi connectivity index (χ3v) is 6.23. The van der Waals surface area contributed by atoms with Crippen molar-refractivity contribution < 1.29 is 19.1 Å². The van der Waals surface area contributed by atoms with E-state index in [4.69, 9.17) is 27.4 Å². The molecule has 9 heteroatoms. The molecule has 1 atom stereocenters. The normalized spacial score (nSPS) is 15.2. The fourth-order valence-electron chi connectivity index (χ4n) is 3.39. The summed E-state index contributed by atoms with van der Waals surface area (Å²) in [5, 5.41) is 6.28. The smallest absolute Gasteiger partial charge is 0.257 e. The molecule has 1 heterocycles. The Hall–Kier alpha value is -2.65. The van der Waals surface area contributed by atoms with Gasteiger partial charge in [-0.25, -0.2) is 0 Å². The van der Waals surface area contributed by atoms with Crippen LogP contribution in [0.3, 0.4) is 0 Å². The van der Waals surface area contributed by atoms with Gasteiger partial charge in [0.05, 0.1) is 19.8 Å². The highest BCUT2D eigenvalue weighted by atomic mass is 32.1. The molecule has 1 aliphatic rings. The van der Waals surface area contributed by atoms with Crippen LogP contribution >= 0.6 is 23.6 Å². The first-order valence-electron chi connectivity index (χ1n) is 9.12. The van der Waals surface area contributed by atoms with Gasteiger partial charge in [-0.05, 0) is 61.2 Å². The maximum atomic E-state index is 12.5. The minimum atomic E-state index is -0.492. The van der Waals surface area contributed by atoms with E-state index in [1.165, 1.54) is 25.6 Å². The summed E-state index contributed by atoms with van der Waals surface area (Å²) < 4.78 is 10.4. The van der Waals surface area contributed by atoms with Gasteiger partial charge in [0.15, 0.2) is 16.6 Å². The molecule has 0 saturated heterocycles. The van der Waals surface area contributed by atoms with Crippen molar-refractivity contribution in [3.05, 3.63) is 39.8 Å². The van der Waals surface area contributed by atoms with E-state index in [1.54, 1.807) is 18.2 Å². The first-order chi connectivity index (χ1) is 13.8. The van der Waals surface area contributed by atoms with Crippen molar-refractivity contribution in [3.8, 4) is 11.5 Å². The maximum Gasteiger partial charge on any atom is 0.257 e. The Morgan fingerprint density at radius 1 is 1.24 bits per heavy atom. The summed E-state index contributed by atoms with van der Waals surface area (Å²) in [6.45, 7) is 2.19. The van der Waals surface area contributed by atoms with E-state index in [1.807, 2.05) is 0 Å². The lowest BCUT2D eigenvalue weighted by molar-refractivity contribution is 0.0975. The zero-order valence-electron chi connectivity index (χ0n) is 16.5. The molecule has 2 amide bonds. The summed E-state index contributed by atoms with van der Waals surface area (Å²) in [7, 11) is 3.02. The first kappa shape index (κ1) is 21.1. The number of anilines is 1. The number of thiophene rings is 1. The lowest BCUT2D eigenvalue weighted by Crippen LogP contribution is -2.34. The zero-order chi connectivity index (χ0) is 21.1. The number of hydrogen-bond donors (Lipinski definition) is 3. The molecule has 29 heavy (non-hydrogen) atoms. The van der Waals surface area contributed by atoms with Gasteiger partial charge in [-0.1, -0.05) is 6.92 Å². The summed E-state index contributed by atoms with van der Waals surface area (Å²) in [6.07, 6.45) is 2.74. The van der Waals surface area contributed by atoms with Crippen LogP contribution in [-0.4, -0.2) is 31.1 Å². The van der Waals surface area contributed by atoms with Crippen molar-refractivity contribution in [1.82, 2.24) is 5.32 Å². The van der Waals surface area contributed by atoms with Gasteiger partial charge in [0, 0.05) is 10.4 Å². The van der Waals surface area contributed by atoms with Crippen LogP contribution < -0.4 is 25.8 Å². The molecule has 0 bridgehead atoms. The predicted molar refractivity (Wildman–Crippen MR) is 117 cm³/mol. The highest BCUT2D eigenvalue weighted by Gasteiger charge is 2.27. The Labute approximate surface area is 178 Å². The number of amides is 2. The van der Waals surface area contributed by atoms with E-state index in [0.29, 0.717) is 33.5 Å². The Bertz CT molecular complexity index is 971. The molecule has 0 saturated carbocycles. The SMILES string of the molecule is COc1ccc(C(=O)NC(=S)Nc2sc3c(c2C(N)=O)CC[C@@H](C)C3)cc1OC. The van der Waals surface area contributed by atoms with E-state index in [9.17, 15) is 9.59 Å². The van der Waals surface area contributed by atoms with Crippen LogP contribution in [0.25, 0.3) is 0 Å². The van der Waals surface area contributed by atoms with Gasteiger partial charge in [-0.2, -0.15) is 0 Å². The van der Waals surface area contributed by atoms with Crippen LogP contribution in [-0.2, 0) is 12.8 Å². The number of carbonyl (C=O) groups excluding carboxylic acids is 2. The molecule has 1 aromatic heterocycles. The van der Waals surface area contributed by atoms with Gasteiger partial charge < -0.3 is 20.5 Å². The molecule has 2 aromatic rings. The second-order valence-electron chi connectivity index (χ2n) is 6.90. The summed E-state index contributed by atoms with van der Waals surface area (Å²) in [5.74, 6) is 0.628. The number of fused-ring (bicyclic) bond motifs is 1. The minimum absolute atomic E-state index is 0.0962. The third kappa shape index (κ3) is 4.51. The Kier molecular flexibility index (Phi) is 6.39. The monoisotopic (exact) mass is 433 g/mol. The summed E-state index contributed by atoms with van der Waals surface area (Å²) >= 11 is 6.76. The first-order valence-corrected chi connectivity index (χ1v) is 10.3. The van der Waals surface area contributed by atoms with Gasteiger partial charge in [-0.15, -0.1) is 11.3 Å². The number of thiocarbonyl (C=S) groups is 1. The Balaban J connectivity index is 1.76. The number of hydrogen-bond acceptors (Lipinski definition) is 6. The molecule has 0 radical (unpaired) electrons. The number of carbonyl (C=O) groups is 2. The van der Waals surface area contributed by atoms with Gasteiger partial charge in [0.25, 0.3) is 11.8 Å². The highest BCUT2D eigenvalue weighted by Crippen LogP contribution is 2.39. The molecule has 0 aliphatic heterocycles. The number of rotatable bonds is 5. The van der Waals surface area contributed by atoms with Crippen molar-refractivity contribution in [2.75, 3.05) is 19.5 Å². The lowest BCUT2D eigenvalue weighted by Gasteiger charge is -2.18.